The van der Waals surface area contributed by atoms with Gasteiger partial charge in [-0.3, -0.25) is 0 Å². The fourth-order valence-electron chi connectivity index (χ4n) is 2.14. The van der Waals surface area contributed by atoms with Crippen LogP contribution in [0.15, 0.2) is 6.07 Å². The van der Waals surface area contributed by atoms with Gasteiger partial charge in [-0.05, 0) is 43.8 Å². The first-order chi connectivity index (χ1) is 7.69. The standard InChI is InChI=1S/C11H17ClN4/c1-8-5-10(15-11(12)14-8)16-4-2-3-9(6-13)7-16/h5,9H,2-4,6-7,13H2,1H3. The van der Waals surface area contributed by atoms with Crippen molar-refractivity contribution in [3.05, 3.63) is 17.0 Å². The summed E-state index contributed by atoms with van der Waals surface area (Å²) in [5.74, 6) is 1.50. The van der Waals surface area contributed by atoms with E-state index in [0.29, 0.717) is 11.2 Å². The summed E-state index contributed by atoms with van der Waals surface area (Å²) in [5, 5.41) is 0.324. The number of hydrogen-bond acceptors (Lipinski definition) is 4. The molecular formula is C11H17ClN4. The topological polar surface area (TPSA) is 55.0 Å². The summed E-state index contributed by atoms with van der Waals surface area (Å²) in [7, 11) is 0. The van der Waals surface area contributed by atoms with Crippen molar-refractivity contribution < 1.29 is 0 Å². The molecule has 2 heterocycles. The third-order valence-corrected chi connectivity index (χ3v) is 3.16. The van der Waals surface area contributed by atoms with Crippen molar-refractivity contribution in [1.82, 2.24) is 9.97 Å². The van der Waals surface area contributed by atoms with Crippen LogP contribution in [-0.4, -0.2) is 29.6 Å². The molecule has 1 aromatic rings. The van der Waals surface area contributed by atoms with Crippen LogP contribution >= 0.6 is 11.6 Å². The zero-order valence-electron chi connectivity index (χ0n) is 9.49. The Labute approximate surface area is 101 Å². The van der Waals surface area contributed by atoms with Crippen LogP contribution in [0.1, 0.15) is 18.5 Å². The number of nitrogens with zero attached hydrogens (tertiary/aromatic N) is 3. The van der Waals surface area contributed by atoms with Gasteiger partial charge >= 0.3 is 0 Å². The lowest BCUT2D eigenvalue weighted by Crippen LogP contribution is -2.38. The van der Waals surface area contributed by atoms with E-state index in [1.807, 2.05) is 13.0 Å². The van der Waals surface area contributed by atoms with Gasteiger partial charge in [-0.15, -0.1) is 0 Å². The number of aryl methyl sites for hydroxylation is 1. The molecule has 1 unspecified atom stereocenters. The molecule has 0 aromatic carbocycles. The molecule has 0 amide bonds. The van der Waals surface area contributed by atoms with Gasteiger partial charge in [0.15, 0.2) is 0 Å². The summed E-state index contributed by atoms with van der Waals surface area (Å²) in [5.41, 5.74) is 6.63. The molecule has 0 bridgehead atoms. The summed E-state index contributed by atoms with van der Waals surface area (Å²) in [6.07, 6.45) is 2.38. The normalized spacial score (nSPS) is 21.2. The fourth-order valence-corrected chi connectivity index (χ4v) is 2.36. The number of halogens is 1. The molecule has 0 saturated carbocycles. The van der Waals surface area contributed by atoms with Gasteiger partial charge in [0.25, 0.3) is 0 Å². The second-order valence-electron chi connectivity index (χ2n) is 4.33. The van der Waals surface area contributed by atoms with E-state index in [0.717, 1.165) is 31.1 Å². The molecule has 16 heavy (non-hydrogen) atoms. The minimum absolute atomic E-state index is 0.324. The van der Waals surface area contributed by atoms with Gasteiger partial charge in [-0.1, -0.05) is 0 Å². The Morgan fingerprint density at radius 3 is 3.06 bits per heavy atom. The molecule has 5 heteroatoms. The van der Waals surface area contributed by atoms with Crippen LogP contribution in [0, 0.1) is 12.8 Å². The highest BCUT2D eigenvalue weighted by atomic mass is 35.5. The van der Waals surface area contributed by atoms with Crippen LogP contribution in [0.5, 0.6) is 0 Å². The largest absolute Gasteiger partial charge is 0.356 e. The maximum Gasteiger partial charge on any atom is 0.224 e. The van der Waals surface area contributed by atoms with Crippen molar-refractivity contribution >= 4 is 17.4 Å². The van der Waals surface area contributed by atoms with Crippen LogP contribution in [0.25, 0.3) is 0 Å². The van der Waals surface area contributed by atoms with E-state index in [9.17, 15) is 0 Å². The molecule has 2 N–H and O–H groups in total. The molecule has 1 aliphatic rings. The number of piperidine rings is 1. The molecule has 1 fully saturated rings. The lowest BCUT2D eigenvalue weighted by Gasteiger charge is -2.33. The Balaban J connectivity index is 2.16. The lowest BCUT2D eigenvalue weighted by molar-refractivity contribution is 0.421. The van der Waals surface area contributed by atoms with Gasteiger partial charge in [0, 0.05) is 24.8 Å². The summed E-state index contributed by atoms with van der Waals surface area (Å²) in [6.45, 7) is 4.68. The number of aromatic nitrogens is 2. The van der Waals surface area contributed by atoms with Crippen molar-refractivity contribution in [3.8, 4) is 0 Å². The molecule has 4 nitrogen and oxygen atoms in total. The van der Waals surface area contributed by atoms with Gasteiger partial charge in [0.05, 0.1) is 0 Å². The Hall–Kier alpha value is -0.870. The quantitative estimate of drug-likeness (QED) is 0.799. The minimum atomic E-state index is 0.324. The molecule has 1 aromatic heterocycles. The average Bonchev–Trinajstić information content (AvgIpc) is 2.28. The number of hydrogen-bond donors (Lipinski definition) is 1. The zero-order chi connectivity index (χ0) is 11.5. The van der Waals surface area contributed by atoms with Gasteiger partial charge in [0.1, 0.15) is 5.82 Å². The van der Waals surface area contributed by atoms with E-state index in [-0.39, 0.29) is 0 Å². The predicted molar refractivity (Wildman–Crippen MR) is 65.8 cm³/mol. The van der Waals surface area contributed by atoms with E-state index in [1.54, 1.807) is 0 Å². The molecule has 0 radical (unpaired) electrons. The monoisotopic (exact) mass is 240 g/mol. The van der Waals surface area contributed by atoms with Crippen molar-refractivity contribution in [1.29, 1.82) is 0 Å². The lowest BCUT2D eigenvalue weighted by atomic mass is 9.98. The third-order valence-electron chi connectivity index (χ3n) is 2.99. The van der Waals surface area contributed by atoms with Gasteiger partial charge in [-0.25, -0.2) is 9.97 Å². The number of anilines is 1. The molecule has 0 aliphatic carbocycles. The highest BCUT2D eigenvalue weighted by Gasteiger charge is 2.20. The molecule has 1 aliphatic heterocycles. The van der Waals surface area contributed by atoms with Crippen LogP contribution in [0.2, 0.25) is 5.28 Å². The predicted octanol–water partition coefficient (Wildman–Crippen LogP) is 1.61. The fraction of sp³-hybridized carbons (Fsp3) is 0.636. The van der Waals surface area contributed by atoms with Crippen LogP contribution in [-0.2, 0) is 0 Å². The van der Waals surface area contributed by atoms with Crippen molar-refractivity contribution in [3.63, 3.8) is 0 Å². The first-order valence-electron chi connectivity index (χ1n) is 5.65. The van der Waals surface area contributed by atoms with E-state index in [4.69, 9.17) is 17.3 Å². The molecule has 0 spiro atoms. The Morgan fingerprint density at radius 1 is 1.56 bits per heavy atom. The smallest absolute Gasteiger partial charge is 0.224 e. The maximum atomic E-state index is 5.87. The maximum absolute atomic E-state index is 5.87. The molecule has 1 saturated heterocycles. The van der Waals surface area contributed by atoms with Gasteiger partial charge in [0.2, 0.25) is 5.28 Å². The summed E-state index contributed by atoms with van der Waals surface area (Å²) >= 11 is 5.87. The first-order valence-corrected chi connectivity index (χ1v) is 6.03. The Bertz CT molecular complexity index is 349. The Kier molecular flexibility index (Phi) is 3.61. The van der Waals surface area contributed by atoms with E-state index >= 15 is 0 Å². The SMILES string of the molecule is Cc1cc(N2CCCC(CN)C2)nc(Cl)n1. The summed E-state index contributed by atoms with van der Waals surface area (Å²) in [6, 6.07) is 1.98. The van der Waals surface area contributed by atoms with Gasteiger partial charge < -0.3 is 10.6 Å². The third kappa shape index (κ3) is 2.62. The summed E-state index contributed by atoms with van der Waals surface area (Å²) in [4.78, 5) is 10.6. The van der Waals surface area contributed by atoms with E-state index < -0.39 is 0 Å². The second-order valence-corrected chi connectivity index (χ2v) is 4.66. The molecule has 88 valence electrons. The zero-order valence-corrected chi connectivity index (χ0v) is 10.2. The molecule has 1 atom stereocenters. The number of nitrogens with two attached hydrogens (primary N) is 1. The first kappa shape index (κ1) is 11.6. The highest BCUT2D eigenvalue weighted by Crippen LogP contribution is 2.22. The van der Waals surface area contributed by atoms with Crippen molar-refractivity contribution in [2.45, 2.75) is 19.8 Å². The molecule has 2 rings (SSSR count). The van der Waals surface area contributed by atoms with Crippen LogP contribution in [0.4, 0.5) is 5.82 Å². The minimum Gasteiger partial charge on any atom is -0.356 e. The summed E-state index contributed by atoms with van der Waals surface area (Å²) < 4.78 is 0. The van der Waals surface area contributed by atoms with Crippen molar-refractivity contribution in [2.24, 2.45) is 11.7 Å². The number of rotatable bonds is 2. The van der Waals surface area contributed by atoms with E-state index in [1.165, 1.54) is 12.8 Å². The molecular weight excluding hydrogens is 224 g/mol. The van der Waals surface area contributed by atoms with Crippen molar-refractivity contribution in [2.75, 3.05) is 24.5 Å². The Morgan fingerprint density at radius 2 is 2.38 bits per heavy atom. The van der Waals surface area contributed by atoms with Crippen LogP contribution < -0.4 is 10.6 Å². The second kappa shape index (κ2) is 4.97. The van der Waals surface area contributed by atoms with Gasteiger partial charge in [-0.2, -0.15) is 0 Å². The van der Waals surface area contributed by atoms with E-state index in [2.05, 4.69) is 14.9 Å². The highest BCUT2D eigenvalue weighted by molar-refractivity contribution is 6.28. The van der Waals surface area contributed by atoms with Crippen LogP contribution in [0.3, 0.4) is 0 Å². The average molecular weight is 241 g/mol.